The van der Waals surface area contributed by atoms with Gasteiger partial charge >= 0.3 is 5.97 Å². The summed E-state index contributed by atoms with van der Waals surface area (Å²) in [5, 5.41) is 2.61. The number of benzene rings is 2. The molecule has 9 heteroatoms. The number of amides is 3. The number of nitrogens with zero attached hydrogens (tertiary/aromatic N) is 1. The van der Waals surface area contributed by atoms with Gasteiger partial charge in [0.05, 0.1) is 36.6 Å². The molecule has 0 radical (unpaired) electrons. The fraction of sp³-hybridized carbons (Fsp3) is 0.360. The monoisotopic (exact) mass is 466 g/mol. The van der Waals surface area contributed by atoms with Gasteiger partial charge < -0.3 is 19.5 Å². The summed E-state index contributed by atoms with van der Waals surface area (Å²) in [6.45, 7) is -0.536. The van der Waals surface area contributed by atoms with E-state index in [2.05, 4.69) is 5.32 Å². The molecule has 9 nitrogen and oxygen atoms in total. The topological polar surface area (TPSA) is 111 Å². The van der Waals surface area contributed by atoms with Gasteiger partial charge in [-0.05, 0) is 43.2 Å². The molecule has 178 valence electrons. The first-order chi connectivity index (χ1) is 16.4. The van der Waals surface area contributed by atoms with Gasteiger partial charge in [0.25, 0.3) is 17.7 Å². The lowest BCUT2D eigenvalue weighted by Gasteiger charge is -2.29. The molecule has 1 aliphatic heterocycles. The van der Waals surface area contributed by atoms with Gasteiger partial charge in [0.15, 0.2) is 6.61 Å². The smallest absolute Gasteiger partial charge is 0.338 e. The first kappa shape index (κ1) is 23.3. The van der Waals surface area contributed by atoms with Crippen LogP contribution in [-0.2, 0) is 9.53 Å². The Hall–Kier alpha value is -3.88. The van der Waals surface area contributed by atoms with Crippen molar-refractivity contribution in [3.8, 4) is 11.5 Å². The molecule has 0 spiro atoms. The highest BCUT2D eigenvalue weighted by molar-refractivity contribution is 6.22. The summed E-state index contributed by atoms with van der Waals surface area (Å²) in [5.74, 6) is -1.08. The number of fused-ring (bicyclic) bond motifs is 1. The van der Waals surface area contributed by atoms with E-state index in [1.165, 1.54) is 37.3 Å². The Morgan fingerprint density at radius 2 is 1.68 bits per heavy atom. The summed E-state index contributed by atoms with van der Waals surface area (Å²) >= 11 is 0. The molecule has 1 saturated carbocycles. The number of esters is 1. The largest absolute Gasteiger partial charge is 0.497 e. The average molecular weight is 466 g/mol. The van der Waals surface area contributed by atoms with E-state index in [0.717, 1.165) is 32.1 Å². The summed E-state index contributed by atoms with van der Waals surface area (Å²) in [5.41, 5.74) is 0.975. The van der Waals surface area contributed by atoms with Gasteiger partial charge in [-0.1, -0.05) is 19.3 Å². The zero-order valence-electron chi connectivity index (χ0n) is 19.1. The van der Waals surface area contributed by atoms with E-state index in [4.69, 9.17) is 14.2 Å². The number of nitrogens with one attached hydrogen (secondary N) is 1. The van der Waals surface area contributed by atoms with Crippen LogP contribution < -0.4 is 14.8 Å². The predicted octanol–water partition coefficient (Wildman–Crippen LogP) is 3.43. The summed E-state index contributed by atoms with van der Waals surface area (Å²) < 4.78 is 15.5. The average Bonchev–Trinajstić information content (AvgIpc) is 3.12. The van der Waals surface area contributed by atoms with Gasteiger partial charge in [-0.2, -0.15) is 0 Å². The van der Waals surface area contributed by atoms with Crippen LogP contribution >= 0.6 is 0 Å². The minimum Gasteiger partial charge on any atom is -0.497 e. The Morgan fingerprint density at radius 1 is 0.941 bits per heavy atom. The standard InChI is InChI=1S/C25H26N2O7/c1-32-17-9-11-20(21(13-17)33-2)26-22(28)14-34-25(31)15-8-10-18-19(12-15)24(30)27(23(18)29)16-6-4-3-5-7-16/h8-13,16H,3-7,14H2,1-2H3,(H,26,28). The molecule has 0 bridgehead atoms. The Bertz CT molecular complexity index is 1140. The van der Waals surface area contributed by atoms with Crippen molar-refractivity contribution in [1.29, 1.82) is 0 Å². The van der Waals surface area contributed by atoms with Crippen molar-refractivity contribution in [3.05, 3.63) is 53.1 Å². The molecule has 0 unspecified atom stereocenters. The second-order valence-electron chi connectivity index (χ2n) is 8.22. The van der Waals surface area contributed by atoms with Crippen LogP contribution in [0.1, 0.15) is 63.2 Å². The lowest BCUT2D eigenvalue weighted by molar-refractivity contribution is -0.119. The van der Waals surface area contributed by atoms with E-state index in [9.17, 15) is 19.2 Å². The maximum atomic E-state index is 12.9. The SMILES string of the molecule is COc1ccc(NC(=O)COC(=O)c2ccc3c(c2)C(=O)N(C2CCCCC2)C3=O)c(OC)c1. The van der Waals surface area contributed by atoms with Gasteiger partial charge in [0.2, 0.25) is 0 Å². The molecule has 0 saturated heterocycles. The number of carbonyl (C=O) groups excluding carboxylic acids is 4. The van der Waals surface area contributed by atoms with Crippen molar-refractivity contribution in [3.63, 3.8) is 0 Å². The minimum absolute atomic E-state index is 0.0974. The molecule has 1 aliphatic carbocycles. The van der Waals surface area contributed by atoms with E-state index < -0.39 is 18.5 Å². The van der Waals surface area contributed by atoms with E-state index >= 15 is 0 Å². The number of hydrogen-bond acceptors (Lipinski definition) is 7. The number of imide groups is 1. The number of anilines is 1. The van der Waals surface area contributed by atoms with Crippen molar-refractivity contribution < 1.29 is 33.4 Å². The Morgan fingerprint density at radius 3 is 2.38 bits per heavy atom. The fourth-order valence-corrected chi connectivity index (χ4v) is 4.36. The lowest BCUT2D eigenvalue weighted by Crippen LogP contribution is -2.40. The van der Waals surface area contributed by atoms with Crippen LogP contribution in [0.15, 0.2) is 36.4 Å². The Kier molecular flexibility index (Phi) is 6.81. The highest BCUT2D eigenvalue weighted by atomic mass is 16.5. The van der Waals surface area contributed by atoms with Crippen LogP contribution in [0.4, 0.5) is 5.69 Å². The first-order valence-corrected chi connectivity index (χ1v) is 11.1. The molecule has 4 rings (SSSR count). The van der Waals surface area contributed by atoms with Crippen molar-refractivity contribution >= 4 is 29.4 Å². The molecule has 34 heavy (non-hydrogen) atoms. The van der Waals surface area contributed by atoms with Gasteiger partial charge in [0.1, 0.15) is 11.5 Å². The third-order valence-corrected chi connectivity index (χ3v) is 6.11. The summed E-state index contributed by atoms with van der Waals surface area (Å²) in [6.07, 6.45) is 4.68. The van der Waals surface area contributed by atoms with Crippen LogP contribution in [0.2, 0.25) is 0 Å². The van der Waals surface area contributed by atoms with Crippen LogP contribution in [0.3, 0.4) is 0 Å². The van der Waals surface area contributed by atoms with E-state index in [1.54, 1.807) is 18.2 Å². The third-order valence-electron chi connectivity index (χ3n) is 6.11. The molecule has 1 fully saturated rings. The first-order valence-electron chi connectivity index (χ1n) is 11.1. The zero-order chi connectivity index (χ0) is 24.2. The van der Waals surface area contributed by atoms with Crippen LogP contribution in [-0.4, -0.2) is 55.5 Å². The highest BCUT2D eigenvalue weighted by Crippen LogP contribution is 2.32. The molecular formula is C25H26N2O7. The fourth-order valence-electron chi connectivity index (χ4n) is 4.36. The van der Waals surface area contributed by atoms with Gasteiger partial charge in [0, 0.05) is 12.1 Å². The summed E-state index contributed by atoms with van der Waals surface area (Å²) in [4.78, 5) is 51.9. The molecule has 0 atom stereocenters. The van der Waals surface area contributed by atoms with Crippen LogP contribution in [0.5, 0.6) is 11.5 Å². The lowest BCUT2D eigenvalue weighted by atomic mass is 9.94. The van der Waals surface area contributed by atoms with Crippen molar-refractivity contribution in [2.45, 2.75) is 38.1 Å². The highest BCUT2D eigenvalue weighted by Gasteiger charge is 2.40. The molecule has 2 aliphatic rings. The van der Waals surface area contributed by atoms with Crippen molar-refractivity contribution in [2.75, 3.05) is 26.1 Å². The maximum Gasteiger partial charge on any atom is 0.338 e. The molecule has 3 amide bonds. The second-order valence-corrected chi connectivity index (χ2v) is 8.22. The van der Waals surface area contributed by atoms with Gasteiger partial charge in [-0.3, -0.25) is 19.3 Å². The predicted molar refractivity (Wildman–Crippen MR) is 122 cm³/mol. The Labute approximate surface area is 197 Å². The number of rotatable bonds is 7. The molecule has 2 aromatic rings. The second kappa shape index (κ2) is 9.94. The van der Waals surface area contributed by atoms with Crippen molar-refractivity contribution in [1.82, 2.24) is 4.90 Å². The molecular weight excluding hydrogens is 440 g/mol. The number of hydrogen-bond donors (Lipinski definition) is 1. The van der Waals surface area contributed by atoms with Gasteiger partial charge in [-0.25, -0.2) is 4.79 Å². The Balaban J connectivity index is 1.39. The number of ether oxygens (including phenoxy) is 3. The maximum absolute atomic E-state index is 12.9. The van der Waals surface area contributed by atoms with Crippen LogP contribution in [0.25, 0.3) is 0 Å². The molecule has 0 aromatic heterocycles. The number of methoxy groups -OCH3 is 2. The van der Waals surface area contributed by atoms with E-state index in [1.807, 2.05) is 0 Å². The third kappa shape index (κ3) is 4.59. The van der Waals surface area contributed by atoms with Crippen LogP contribution in [0, 0.1) is 0 Å². The quantitative estimate of drug-likeness (QED) is 0.492. The van der Waals surface area contributed by atoms with E-state index in [-0.39, 0.29) is 34.5 Å². The molecule has 1 N–H and O–H groups in total. The minimum atomic E-state index is -0.768. The van der Waals surface area contributed by atoms with Crippen molar-refractivity contribution in [2.24, 2.45) is 0 Å². The zero-order valence-corrected chi connectivity index (χ0v) is 19.1. The molecule has 2 aromatic carbocycles. The number of carbonyl (C=O) groups is 4. The van der Waals surface area contributed by atoms with Gasteiger partial charge in [-0.15, -0.1) is 0 Å². The summed E-state index contributed by atoms with van der Waals surface area (Å²) in [6, 6.07) is 9.04. The summed E-state index contributed by atoms with van der Waals surface area (Å²) in [7, 11) is 2.97. The molecule has 1 heterocycles. The normalized spacial score (nSPS) is 15.6. The van der Waals surface area contributed by atoms with E-state index in [0.29, 0.717) is 17.2 Å².